The van der Waals surface area contributed by atoms with Crippen LogP contribution in [0.1, 0.15) is 33.6 Å². The van der Waals surface area contributed by atoms with E-state index in [2.05, 4.69) is 33.6 Å². The monoisotopic (exact) mass is 128 g/mol. The maximum atomic E-state index is 3.36. The maximum absolute atomic E-state index is 3.36. The molecular formula is C9H20. The average Bonchev–Trinajstić information content (AvgIpc) is 1.94. The molecule has 0 aliphatic rings. The summed E-state index contributed by atoms with van der Waals surface area (Å²) in [5.74, 6) is 0. The van der Waals surface area contributed by atoms with Gasteiger partial charge in [0.1, 0.15) is 0 Å². The van der Waals surface area contributed by atoms with Gasteiger partial charge in [0, 0.05) is 0 Å². The van der Waals surface area contributed by atoms with Crippen molar-refractivity contribution in [2.75, 3.05) is 0 Å². The zero-order valence-corrected chi connectivity index (χ0v) is 7.11. The van der Waals surface area contributed by atoms with Crippen molar-refractivity contribution >= 4 is 0 Å². The molecule has 0 unspecified atom stereocenters. The van der Waals surface area contributed by atoms with Crippen LogP contribution >= 0.6 is 0 Å². The van der Waals surface area contributed by atoms with E-state index in [1.165, 1.54) is 12.8 Å². The summed E-state index contributed by atoms with van der Waals surface area (Å²) < 4.78 is 0. The second-order valence-corrected chi connectivity index (χ2v) is 1.41. The maximum Gasteiger partial charge on any atom is -0.0473 e. The van der Waals surface area contributed by atoms with E-state index in [9.17, 15) is 0 Å². The largest absolute Gasteiger partial charge is 0.106 e. The van der Waals surface area contributed by atoms with Gasteiger partial charge in [-0.2, -0.15) is 0 Å². The molecule has 0 aromatic heterocycles. The van der Waals surface area contributed by atoms with Crippen molar-refractivity contribution in [2.24, 2.45) is 0 Å². The minimum atomic E-state index is 1.32. The zero-order chi connectivity index (χ0) is 8.12. The first-order chi connectivity index (χ1) is 4.33. The summed E-state index contributed by atoms with van der Waals surface area (Å²) in [6.45, 7) is 15.6. The first-order valence-electron chi connectivity index (χ1n) is 3.40. The van der Waals surface area contributed by atoms with Gasteiger partial charge >= 0.3 is 0 Å². The molecule has 0 spiro atoms. The van der Waals surface area contributed by atoms with Gasteiger partial charge in [0.15, 0.2) is 0 Å². The minimum absolute atomic E-state index is 1.32. The summed E-state index contributed by atoms with van der Waals surface area (Å²) in [6.07, 6.45) is 4.39. The molecule has 0 bridgehead atoms. The lowest BCUT2D eigenvalue weighted by Gasteiger charge is -1.68. The van der Waals surface area contributed by atoms with Gasteiger partial charge in [-0.3, -0.25) is 0 Å². The molecule has 0 aromatic carbocycles. The number of allylic oxidation sites excluding steroid dienone is 1. The van der Waals surface area contributed by atoms with Crippen LogP contribution in [0.2, 0.25) is 0 Å². The van der Waals surface area contributed by atoms with Crippen LogP contribution in [0, 0.1) is 0 Å². The van der Waals surface area contributed by atoms with Crippen molar-refractivity contribution in [3.05, 3.63) is 25.8 Å². The lowest BCUT2D eigenvalue weighted by molar-refractivity contribution is 0.886. The highest BCUT2D eigenvalue weighted by atomic mass is 13.6. The highest BCUT2D eigenvalue weighted by Crippen LogP contribution is 1.76. The van der Waals surface area contributed by atoms with Crippen molar-refractivity contribution in [1.82, 2.24) is 0 Å². The standard InChI is InChI=1S/C4H10.C3H6.C2H4/c1-3-4-2;1-3-2;1-2/h3-4H2,1-2H3;3H,1H2,2H3;1-2H2. The summed E-state index contributed by atoms with van der Waals surface area (Å²) in [4.78, 5) is 0. The Kier molecular flexibility index (Phi) is 89.6. The predicted octanol–water partition coefficient (Wildman–Crippen LogP) is 3.80. The van der Waals surface area contributed by atoms with Crippen LogP contribution in [0.15, 0.2) is 25.8 Å². The van der Waals surface area contributed by atoms with E-state index in [0.29, 0.717) is 0 Å². The fourth-order valence-electron chi connectivity index (χ4n) is 0. The van der Waals surface area contributed by atoms with Crippen LogP contribution in [0.5, 0.6) is 0 Å². The van der Waals surface area contributed by atoms with Crippen molar-refractivity contribution in [1.29, 1.82) is 0 Å². The lowest BCUT2D eigenvalue weighted by atomic mass is 10.4. The molecule has 0 saturated heterocycles. The van der Waals surface area contributed by atoms with Gasteiger partial charge in [-0.25, -0.2) is 0 Å². The molecule has 9 heavy (non-hydrogen) atoms. The Bertz CT molecular complexity index is 27.0. The molecule has 0 fully saturated rings. The minimum Gasteiger partial charge on any atom is -0.106 e. The van der Waals surface area contributed by atoms with E-state index in [1.807, 2.05) is 6.92 Å². The number of hydrogen-bond donors (Lipinski definition) is 0. The Balaban J connectivity index is -0.0000000646. The second kappa shape index (κ2) is 51.1. The van der Waals surface area contributed by atoms with Crippen molar-refractivity contribution in [3.8, 4) is 0 Å². The molecule has 0 heterocycles. The first kappa shape index (κ1) is 15.8. The van der Waals surface area contributed by atoms with Crippen LogP contribution in [0.4, 0.5) is 0 Å². The topological polar surface area (TPSA) is 0 Å². The Hall–Kier alpha value is -0.520. The fraction of sp³-hybridized carbons (Fsp3) is 0.556. The van der Waals surface area contributed by atoms with Crippen LogP contribution in [0.25, 0.3) is 0 Å². The van der Waals surface area contributed by atoms with E-state index >= 15 is 0 Å². The molecule has 56 valence electrons. The lowest BCUT2D eigenvalue weighted by Crippen LogP contribution is -1.47. The Morgan fingerprint density at radius 3 is 1.22 bits per heavy atom. The molecule has 0 N–H and O–H groups in total. The van der Waals surface area contributed by atoms with Crippen molar-refractivity contribution in [2.45, 2.75) is 33.6 Å². The number of unbranched alkanes of at least 4 members (excludes halogenated alkanes) is 1. The molecule has 0 rings (SSSR count). The Morgan fingerprint density at radius 2 is 1.22 bits per heavy atom. The molecule has 0 heteroatoms. The van der Waals surface area contributed by atoms with Gasteiger partial charge in [0.25, 0.3) is 0 Å². The molecule has 0 radical (unpaired) electrons. The summed E-state index contributed by atoms with van der Waals surface area (Å²) in [6, 6.07) is 0. The summed E-state index contributed by atoms with van der Waals surface area (Å²) in [5.41, 5.74) is 0. The molecule has 0 atom stereocenters. The average molecular weight is 128 g/mol. The molecule has 0 aliphatic carbocycles. The number of hydrogen-bond acceptors (Lipinski definition) is 0. The summed E-state index contributed by atoms with van der Waals surface area (Å²) >= 11 is 0. The molecule has 0 amide bonds. The molecular weight excluding hydrogens is 108 g/mol. The Labute approximate surface area is 60.3 Å². The Morgan fingerprint density at radius 1 is 1.11 bits per heavy atom. The van der Waals surface area contributed by atoms with E-state index in [4.69, 9.17) is 0 Å². The highest BCUT2D eigenvalue weighted by molar-refractivity contribution is 4.51. The third-order valence-corrected chi connectivity index (χ3v) is 0.500. The molecule has 0 saturated carbocycles. The highest BCUT2D eigenvalue weighted by Gasteiger charge is 1.56. The third-order valence-electron chi connectivity index (χ3n) is 0.500. The fourth-order valence-corrected chi connectivity index (χ4v) is 0. The zero-order valence-electron chi connectivity index (χ0n) is 7.11. The first-order valence-corrected chi connectivity index (χ1v) is 3.40. The molecule has 0 aliphatic heterocycles. The summed E-state index contributed by atoms with van der Waals surface area (Å²) in [7, 11) is 0. The second-order valence-electron chi connectivity index (χ2n) is 1.41. The van der Waals surface area contributed by atoms with E-state index in [0.717, 1.165) is 0 Å². The van der Waals surface area contributed by atoms with Gasteiger partial charge in [-0.05, 0) is 6.92 Å². The van der Waals surface area contributed by atoms with Gasteiger partial charge in [-0.15, -0.1) is 19.7 Å². The van der Waals surface area contributed by atoms with Crippen LogP contribution in [0.3, 0.4) is 0 Å². The van der Waals surface area contributed by atoms with Crippen molar-refractivity contribution in [3.63, 3.8) is 0 Å². The molecule has 0 nitrogen and oxygen atoms in total. The normalized spacial score (nSPS) is 5.22. The third kappa shape index (κ3) is 975. The van der Waals surface area contributed by atoms with Crippen LogP contribution in [-0.2, 0) is 0 Å². The summed E-state index contributed by atoms with van der Waals surface area (Å²) in [5, 5.41) is 0. The van der Waals surface area contributed by atoms with Gasteiger partial charge in [-0.1, -0.05) is 32.8 Å². The van der Waals surface area contributed by atoms with Gasteiger partial charge in [0.2, 0.25) is 0 Å². The molecule has 0 aromatic rings. The van der Waals surface area contributed by atoms with E-state index in [-0.39, 0.29) is 0 Å². The van der Waals surface area contributed by atoms with Gasteiger partial charge < -0.3 is 0 Å². The van der Waals surface area contributed by atoms with E-state index < -0.39 is 0 Å². The van der Waals surface area contributed by atoms with Crippen molar-refractivity contribution < 1.29 is 0 Å². The number of rotatable bonds is 1. The van der Waals surface area contributed by atoms with Gasteiger partial charge in [0.05, 0.1) is 0 Å². The van der Waals surface area contributed by atoms with Crippen LogP contribution in [-0.4, -0.2) is 0 Å². The van der Waals surface area contributed by atoms with E-state index in [1.54, 1.807) is 6.08 Å². The van der Waals surface area contributed by atoms with Crippen LogP contribution < -0.4 is 0 Å². The predicted molar refractivity (Wildman–Crippen MR) is 47.7 cm³/mol. The SMILES string of the molecule is C=C.C=CC.CCCC. The smallest absolute Gasteiger partial charge is 0.0473 e. The quantitative estimate of drug-likeness (QED) is 0.471.